The van der Waals surface area contributed by atoms with Gasteiger partial charge in [0.2, 0.25) is 0 Å². The minimum absolute atomic E-state index is 0.109. The van der Waals surface area contributed by atoms with Crippen LogP contribution in [0.4, 0.5) is 8.78 Å². The lowest BCUT2D eigenvalue weighted by Gasteiger charge is -2.34. The number of ether oxygens (including phenoxy) is 2. The third-order valence-corrected chi connectivity index (χ3v) is 8.51. The smallest absolute Gasteiger partial charge is 0.254 e. The molecule has 0 saturated heterocycles. The number of halogens is 3. The molecule has 0 N–H and O–H groups in total. The van der Waals surface area contributed by atoms with Crippen molar-refractivity contribution in [2.24, 2.45) is 7.05 Å². The molecule has 0 radical (unpaired) electrons. The van der Waals surface area contributed by atoms with Crippen LogP contribution in [0.3, 0.4) is 0 Å². The predicted octanol–water partition coefficient (Wildman–Crippen LogP) is 7.60. The standard InChI is InChI=1S/C35H31ClF2N2O5S/c1-3-44-33-21-34(41)39(2)22-28(33)27-19-25(13-15-31(27)45-32-16-14-26(37)20-30(32)38)35(24-10-5-4-6-11-24)40(46(42)43)18-17-23-9-7-8-12-29(23)36/h4-16,19-22,35H,3,17-18H2,1-2H3,(H,42,43)/p-1. The maximum atomic E-state index is 14.7. The highest BCUT2D eigenvalue weighted by Gasteiger charge is 2.26. The van der Waals surface area contributed by atoms with Crippen molar-refractivity contribution in [1.29, 1.82) is 0 Å². The Hall–Kier alpha value is -4.35. The van der Waals surface area contributed by atoms with E-state index in [0.29, 0.717) is 39.8 Å². The lowest BCUT2D eigenvalue weighted by atomic mass is 9.94. The molecule has 0 aliphatic rings. The fourth-order valence-electron chi connectivity index (χ4n) is 5.17. The van der Waals surface area contributed by atoms with Gasteiger partial charge in [0.25, 0.3) is 5.56 Å². The van der Waals surface area contributed by atoms with Crippen molar-refractivity contribution in [1.82, 2.24) is 8.87 Å². The molecule has 0 saturated carbocycles. The first kappa shape index (κ1) is 33.0. The van der Waals surface area contributed by atoms with Crippen LogP contribution >= 0.6 is 11.6 Å². The maximum Gasteiger partial charge on any atom is 0.254 e. The molecule has 0 bridgehead atoms. The third kappa shape index (κ3) is 7.54. The van der Waals surface area contributed by atoms with Gasteiger partial charge in [0.05, 0.1) is 12.6 Å². The number of nitrogens with zero attached hydrogens (tertiary/aromatic N) is 2. The quantitative estimate of drug-likeness (QED) is 0.128. The van der Waals surface area contributed by atoms with Gasteiger partial charge in [-0.05, 0) is 60.4 Å². The number of hydrogen-bond acceptors (Lipinski definition) is 5. The Labute approximate surface area is 273 Å². The van der Waals surface area contributed by atoms with Crippen molar-refractivity contribution in [3.63, 3.8) is 0 Å². The van der Waals surface area contributed by atoms with Gasteiger partial charge in [-0.1, -0.05) is 66.2 Å². The van der Waals surface area contributed by atoms with E-state index in [1.807, 2.05) is 42.5 Å². The number of aromatic nitrogens is 1. The van der Waals surface area contributed by atoms with E-state index in [1.54, 1.807) is 50.5 Å². The summed E-state index contributed by atoms with van der Waals surface area (Å²) in [6.07, 6.45) is 1.92. The molecule has 7 nitrogen and oxygen atoms in total. The average molecular weight is 664 g/mol. The Bertz CT molecular complexity index is 1920. The van der Waals surface area contributed by atoms with Gasteiger partial charge in [0.15, 0.2) is 11.6 Å². The second kappa shape index (κ2) is 14.8. The normalized spacial score (nSPS) is 12.6. The van der Waals surface area contributed by atoms with Crippen LogP contribution in [0, 0.1) is 11.6 Å². The largest absolute Gasteiger partial charge is 0.760 e. The molecular formula is C35H30ClF2N2O5S-. The van der Waals surface area contributed by atoms with E-state index in [4.69, 9.17) is 21.1 Å². The lowest BCUT2D eigenvalue weighted by molar-refractivity contribution is 0.340. The van der Waals surface area contributed by atoms with Crippen LogP contribution in [0.5, 0.6) is 17.2 Å². The van der Waals surface area contributed by atoms with Crippen molar-refractivity contribution < 1.29 is 27.0 Å². The first-order valence-electron chi connectivity index (χ1n) is 14.4. The number of rotatable bonds is 12. The van der Waals surface area contributed by atoms with Crippen molar-refractivity contribution in [3.8, 4) is 28.4 Å². The van der Waals surface area contributed by atoms with Gasteiger partial charge >= 0.3 is 0 Å². The van der Waals surface area contributed by atoms with Crippen LogP contribution < -0.4 is 15.0 Å². The molecule has 11 heteroatoms. The van der Waals surface area contributed by atoms with Crippen LogP contribution in [-0.2, 0) is 24.7 Å². The molecule has 2 unspecified atom stereocenters. The van der Waals surface area contributed by atoms with Crippen molar-refractivity contribution in [2.75, 3.05) is 13.2 Å². The van der Waals surface area contributed by atoms with Crippen LogP contribution in [0.2, 0.25) is 5.02 Å². The van der Waals surface area contributed by atoms with Gasteiger partial charge in [-0.2, -0.15) is 0 Å². The minimum atomic E-state index is -2.67. The number of pyridine rings is 1. The van der Waals surface area contributed by atoms with Gasteiger partial charge in [-0.25, -0.2) is 13.1 Å². The summed E-state index contributed by atoms with van der Waals surface area (Å²) in [7, 11) is 1.58. The van der Waals surface area contributed by atoms with Gasteiger partial charge < -0.3 is 18.6 Å². The number of benzene rings is 4. The Morgan fingerprint density at radius 3 is 2.30 bits per heavy atom. The molecule has 0 fully saturated rings. The van der Waals surface area contributed by atoms with E-state index in [-0.39, 0.29) is 36.0 Å². The molecule has 1 aromatic heterocycles. The highest BCUT2D eigenvalue weighted by Crippen LogP contribution is 2.42. The summed E-state index contributed by atoms with van der Waals surface area (Å²) < 4.78 is 68.7. The topological polar surface area (TPSA) is 83.8 Å². The van der Waals surface area contributed by atoms with E-state index in [9.17, 15) is 22.3 Å². The Kier molecular flexibility index (Phi) is 10.6. The minimum Gasteiger partial charge on any atom is -0.760 e. The molecule has 0 aliphatic heterocycles. The first-order valence-corrected chi connectivity index (χ1v) is 15.8. The highest BCUT2D eigenvalue weighted by molar-refractivity contribution is 7.76. The summed E-state index contributed by atoms with van der Waals surface area (Å²) in [5.74, 6) is -1.46. The van der Waals surface area contributed by atoms with Crippen molar-refractivity contribution in [3.05, 3.63) is 147 Å². The average Bonchev–Trinajstić information content (AvgIpc) is 3.03. The molecule has 5 aromatic rings. The van der Waals surface area contributed by atoms with Gasteiger partial charge in [-0.3, -0.25) is 9.00 Å². The number of aryl methyl sites for hydroxylation is 1. The third-order valence-electron chi connectivity index (χ3n) is 7.37. The molecule has 5 rings (SSSR count). The monoisotopic (exact) mass is 663 g/mol. The molecular weight excluding hydrogens is 634 g/mol. The molecule has 0 spiro atoms. The van der Waals surface area contributed by atoms with Gasteiger partial charge in [0, 0.05) is 59.3 Å². The van der Waals surface area contributed by atoms with Gasteiger partial charge in [-0.15, -0.1) is 0 Å². The van der Waals surface area contributed by atoms with E-state index < -0.39 is 28.9 Å². The summed E-state index contributed by atoms with van der Waals surface area (Å²) in [5, 5.41) is 0.533. The zero-order chi connectivity index (χ0) is 32.8. The summed E-state index contributed by atoms with van der Waals surface area (Å²) in [5.41, 5.74) is 2.58. The van der Waals surface area contributed by atoms with E-state index >= 15 is 0 Å². The predicted molar refractivity (Wildman–Crippen MR) is 174 cm³/mol. The van der Waals surface area contributed by atoms with E-state index in [0.717, 1.165) is 11.6 Å². The summed E-state index contributed by atoms with van der Waals surface area (Å²) in [6, 6.07) is 24.9. The Morgan fingerprint density at radius 1 is 0.891 bits per heavy atom. The van der Waals surface area contributed by atoms with Crippen LogP contribution in [0.1, 0.15) is 29.7 Å². The molecule has 4 aromatic carbocycles. The van der Waals surface area contributed by atoms with Crippen molar-refractivity contribution >= 4 is 22.9 Å². The molecule has 1 heterocycles. The van der Waals surface area contributed by atoms with E-state index in [2.05, 4.69) is 0 Å². The summed E-state index contributed by atoms with van der Waals surface area (Å²) in [4.78, 5) is 12.6. The molecule has 0 amide bonds. The molecule has 2 atom stereocenters. The number of hydrogen-bond donors (Lipinski definition) is 0. The second-order valence-electron chi connectivity index (χ2n) is 10.4. The fourth-order valence-corrected chi connectivity index (χ4v) is 6.05. The SMILES string of the molecule is CCOc1cc(=O)n(C)cc1-c1cc(C(c2ccccc2)N(CCc2ccccc2Cl)S(=O)[O-])ccc1Oc1ccc(F)cc1F. The zero-order valence-electron chi connectivity index (χ0n) is 25.0. The van der Waals surface area contributed by atoms with Crippen LogP contribution in [0.25, 0.3) is 11.1 Å². The highest BCUT2D eigenvalue weighted by atomic mass is 35.5. The maximum absolute atomic E-state index is 14.7. The van der Waals surface area contributed by atoms with Crippen molar-refractivity contribution in [2.45, 2.75) is 19.4 Å². The summed E-state index contributed by atoms with van der Waals surface area (Å²) >= 11 is 3.72. The molecule has 46 heavy (non-hydrogen) atoms. The zero-order valence-corrected chi connectivity index (χ0v) is 26.6. The molecule has 0 aliphatic carbocycles. The first-order chi connectivity index (χ1) is 22.2. The Balaban J connectivity index is 1.69. The van der Waals surface area contributed by atoms with E-state index in [1.165, 1.54) is 21.0 Å². The summed E-state index contributed by atoms with van der Waals surface area (Å²) in [6.45, 7) is 2.13. The lowest BCUT2D eigenvalue weighted by Crippen LogP contribution is -2.33. The van der Waals surface area contributed by atoms with Crippen LogP contribution in [-0.4, -0.2) is 30.8 Å². The molecule has 238 valence electrons. The van der Waals surface area contributed by atoms with Gasteiger partial charge in [0.1, 0.15) is 17.3 Å². The van der Waals surface area contributed by atoms with Crippen LogP contribution in [0.15, 0.2) is 108 Å². The fraction of sp³-hybridized carbons (Fsp3) is 0.171. The Morgan fingerprint density at radius 2 is 1.61 bits per heavy atom. The second-order valence-corrected chi connectivity index (χ2v) is 11.7.